The van der Waals surface area contributed by atoms with Crippen molar-refractivity contribution in [1.82, 2.24) is 0 Å². The third-order valence-electron chi connectivity index (χ3n) is 5.76. The SMILES string of the molecule is CC(C)c1ccc2c(c1)C(=O)C1C3CCC(C3)C1C2=O. The van der Waals surface area contributed by atoms with Crippen LogP contribution in [0.1, 0.15) is 65.3 Å². The molecule has 4 atom stereocenters. The van der Waals surface area contributed by atoms with E-state index in [4.69, 9.17) is 0 Å². The van der Waals surface area contributed by atoms with Crippen LogP contribution in [0.2, 0.25) is 0 Å². The second kappa shape index (κ2) is 4.03. The Labute approximate surface area is 119 Å². The van der Waals surface area contributed by atoms with Gasteiger partial charge >= 0.3 is 0 Å². The van der Waals surface area contributed by atoms with Gasteiger partial charge < -0.3 is 0 Å². The number of ketones is 2. The minimum Gasteiger partial charge on any atom is -0.294 e. The maximum Gasteiger partial charge on any atom is 0.167 e. The quantitative estimate of drug-likeness (QED) is 0.775. The Morgan fingerprint density at radius 1 is 0.950 bits per heavy atom. The summed E-state index contributed by atoms with van der Waals surface area (Å²) in [4.78, 5) is 25.6. The number of fused-ring (bicyclic) bond motifs is 6. The van der Waals surface area contributed by atoms with Crippen LogP contribution >= 0.6 is 0 Å². The standard InChI is InChI=1S/C18H20O2/c1-9(2)10-5-6-13-14(8-10)18(20)16-12-4-3-11(7-12)15(16)17(13)19/h5-6,8-9,11-12,15-16H,3-4,7H2,1-2H3. The van der Waals surface area contributed by atoms with Crippen molar-refractivity contribution in [3.8, 4) is 0 Å². The third-order valence-corrected chi connectivity index (χ3v) is 5.76. The Morgan fingerprint density at radius 3 is 2.15 bits per heavy atom. The average Bonchev–Trinajstić information content (AvgIpc) is 3.05. The van der Waals surface area contributed by atoms with E-state index < -0.39 is 0 Å². The summed E-state index contributed by atoms with van der Waals surface area (Å²) in [7, 11) is 0. The van der Waals surface area contributed by atoms with Gasteiger partial charge in [-0.15, -0.1) is 0 Å². The average molecular weight is 268 g/mol. The van der Waals surface area contributed by atoms with Gasteiger partial charge in [-0.05, 0) is 48.6 Å². The fraction of sp³-hybridized carbons (Fsp3) is 0.556. The molecule has 0 amide bonds. The summed E-state index contributed by atoms with van der Waals surface area (Å²) in [6.45, 7) is 4.24. The molecule has 0 saturated heterocycles. The molecule has 0 aromatic heterocycles. The summed E-state index contributed by atoms with van der Waals surface area (Å²) in [5.41, 5.74) is 2.55. The zero-order chi connectivity index (χ0) is 14.0. The number of hydrogen-bond donors (Lipinski definition) is 0. The van der Waals surface area contributed by atoms with Gasteiger partial charge in [-0.25, -0.2) is 0 Å². The van der Waals surface area contributed by atoms with Crippen LogP contribution in [0.5, 0.6) is 0 Å². The van der Waals surface area contributed by atoms with Crippen molar-refractivity contribution in [3.63, 3.8) is 0 Å². The van der Waals surface area contributed by atoms with Crippen LogP contribution in [0.3, 0.4) is 0 Å². The highest BCUT2D eigenvalue weighted by molar-refractivity contribution is 6.16. The predicted molar refractivity (Wildman–Crippen MR) is 77.0 cm³/mol. The van der Waals surface area contributed by atoms with Crippen molar-refractivity contribution >= 4 is 11.6 Å². The molecule has 0 radical (unpaired) electrons. The molecule has 2 fully saturated rings. The maximum atomic E-state index is 12.9. The lowest BCUT2D eigenvalue weighted by molar-refractivity contribution is 0.0661. The first-order chi connectivity index (χ1) is 9.58. The van der Waals surface area contributed by atoms with E-state index in [-0.39, 0.29) is 23.4 Å². The monoisotopic (exact) mass is 268 g/mol. The van der Waals surface area contributed by atoms with Crippen LogP contribution in [0.4, 0.5) is 0 Å². The topological polar surface area (TPSA) is 34.1 Å². The highest BCUT2D eigenvalue weighted by Crippen LogP contribution is 2.56. The van der Waals surface area contributed by atoms with Crippen molar-refractivity contribution in [1.29, 1.82) is 0 Å². The highest BCUT2D eigenvalue weighted by atomic mass is 16.1. The fourth-order valence-electron chi connectivity index (χ4n) is 4.74. The molecular formula is C18H20O2. The fourth-order valence-corrected chi connectivity index (χ4v) is 4.74. The van der Waals surface area contributed by atoms with Gasteiger partial charge in [-0.3, -0.25) is 9.59 Å². The molecule has 0 N–H and O–H groups in total. The van der Waals surface area contributed by atoms with Crippen molar-refractivity contribution in [2.45, 2.75) is 39.0 Å². The second-order valence-electron chi connectivity index (χ2n) is 7.07. The molecule has 3 aliphatic carbocycles. The van der Waals surface area contributed by atoms with Gasteiger partial charge in [0, 0.05) is 23.0 Å². The van der Waals surface area contributed by atoms with Crippen molar-refractivity contribution in [2.24, 2.45) is 23.7 Å². The van der Waals surface area contributed by atoms with Crippen LogP contribution in [0, 0.1) is 23.7 Å². The van der Waals surface area contributed by atoms with Crippen LogP contribution in [-0.2, 0) is 0 Å². The molecular weight excluding hydrogens is 248 g/mol. The Bertz CT molecular complexity index is 614. The first kappa shape index (κ1) is 12.3. The normalized spacial score (nSPS) is 34.5. The Kier molecular flexibility index (Phi) is 2.48. The van der Waals surface area contributed by atoms with E-state index in [1.54, 1.807) is 0 Å². The predicted octanol–water partition coefficient (Wildman–Crippen LogP) is 3.85. The summed E-state index contributed by atoms with van der Waals surface area (Å²) in [5.74, 6) is 1.82. The highest BCUT2D eigenvalue weighted by Gasteiger charge is 2.56. The van der Waals surface area contributed by atoms with Gasteiger partial charge in [0.2, 0.25) is 0 Å². The molecule has 0 spiro atoms. The smallest absolute Gasteiger partial charge is 0.167 e. The number of hydrogen-bond acceptors (Lipinski definition) is 2. The van der Waals surface area contributed by atoms with Gasteiger partial charge in [0.15, 0.2) is 11.6 Å². The van der Waals surface area contributed by atoms with Crippen molar-refractivity contribution in [3.05, 3.63) is 34.9 Å². The van der Waals surface area contributed by atoms with Gasteiger partial charge in [0.1, 0.15) is 0 Å². The number of rotatable bonds is 1. The van der Waals surface area contributed by atoms with Crippen LogP contribution in [-0.4, -0.2) is 11.6 Å². The zero-order valence-corrected chi connectivity index (χ0v) is 12.1. The van der Waals surface area contributed by atoms with E-state index in [1.807, 2.05) is 18.2 Å². The molecule has 0 aliphatic heterocycles. The van der Waals surface area contributed by atoms with E-state index in [9.17, 15) is 9.59 Å². The molecule has 2 nitrogen and oxygen atoms in total. The second-order valence-corrected chi connectivity index (χ2v) is 7.07. The summed E-state index contributed by atoms with van der Waals surface area (Å²) in [5, 5.41) is 0. The van der Waals surface area contributed by atoms with Crippen LogP contribution < -0.4 is 0 Å². The maximum absolute atomic E-state index is 12.9. The summed E-state index contributed by atoms with van der Waals surface area (Å²) in [6.07, 6.45) is 3.38. The van der Waals surface area contributed by atoms with Gasteiger partial charge in [0.25, 0.3) is 0 Å². The minimum atomic E-state index is -0.00355. The minimum absolute atomic E-state index is 0.00125. The third kappa shape index (κ3) is 1.45. The first-order valence-electron chi connectivity index (χ1n) is 7.80. The van der Waals surface area contributed by atoms with E-state index >= 15 is 0 Å². The summed E-state index contributed by atoms with van der Waals surface area (Å²) < 4.78 is 0. The van der Waals surface area contributed by atoms with Gasteiger partial charge in [-0.2, -0.15) is 0 Å². The van der Waals surface area contributed by atoms with E-state index in [2.05, 4.69) is 13.8 Å². The van der Waals surface area contributed by atoms with Crippen LogP contribution in [0.15, 0.2) is 18.2 Å². The largest absolute Gasteiger partial charge is 0.294 e. The lowest BCUT2D eigenvalue weighted by atomic mass is 9.67. The number of carbonyl (C=O) groups excluding carboxylic acids is 2. The number of carbonyl (C=O) groups is 2. The molecule has 104 valence electrons. The lowest BCUT2D eigenvalue weighted by Gasteiger charge is -2.34. The van der Waals surface area contributed by atoms with Crippen LogP contribution in [0.25, 0.3) is 0 Å². The molecule has 1 aromatic rings. The zero-order valence-electron chi connectivity index (χ0n) is 12.1. The number of benzene rings is 1. The molecule has 4 unspecified atom stereocenters. The summed E-state index contributed by atoms with van der Waals surface area (Å²) >= 11 is 0. The Morgan fingerprint density at radius 2 is 1.55 bits per heavy atom. The number of Topliss-reactive ketones (excluding diaryl/α,β-unsaturated/α-hetero) is 2. The molecule has 1 aromatic carbocycles. The Hall–Kier alpha value is -1.44. The lowest BCUT2D eigenvalue weighted by Crippen LogP contribution is -2.40. The van der Waals surface area contributed by atoms with E-state index in [1.165, 1.54) is 0 Å². The van der Waals surface area contributed by atoms with E-state index in [0.29, 0.717) is 28.9 Å². The summed E-state index contributed by atoms with van der Waals surface area (Å²) in [6, 6.07) is 5.89. The molecule has 3 aliphatic rings. The first-order valence-corrected chi connectivity index (χ1v) is 7.80. The van der Waals surface area contributed by atoms with Crippen molar-refractivity contribution < 1.29 is 9.59 Å². The molecule has 0 heterocycles. The molecule has 2 heteroatoms. The molecule has 20 heavy (non-hydrogen) atoms. The molecule has 2 bridgehead atoms. The molecule has 2 saturated carbocycles. The van der Waals surface area contributed by atoms with Gasteiger partial charge in [0.05, 0.1) is 0 Å². The van der Waals surface area contributed by atoms with Crippen molar-refractivity contribution in [2.75, 3.05) is 0 Å². The molecule has 4 rings (SSSR count). The van der Waals surface area contributed by atoms with E-state index in [0.717, 1.165) is 24.8 Å². The Balaban J connectivity index is 1.85. The van der Waals surface area contributed by atoms with Gasteiger partial charge in [-0.1, -0.05) is 26.0 Å².